The minimum Gasteiger partial charge on any atom is -0.376 e. The second-order valence-corrected chi connectivity index (χ2v) is 8.91. The molecule has 0 aliphatic carbocycles. The lowest BCUT2D eigenvalue weighted by atomic mass is 10.1. The lowest BCUT2D eigenvalue weighted by Crippen LogP contribution is -2.35. The number of nitrogens with zero attached hydrogens (tertiary/aromatic N) is 1. The second-order valence-electron chi connectivity index (χ2n) is 8.91. The molecule has 0 bridgehead atoms. The number of rotatable bonds is 7. The van der Waals surface area contributed by atoms with E-state index >= 15 is 0 Å². The van der Waals surface area contributed by atoms with Gasteiger partial charge in [-0.15, -0.1) is 0 Å². The fourth-order valence-electron chi connectivity index (χ4n) is 4.68. The highest BCUT2D eigenvalue weighted by molar-refractivity contribution is 6.35. The average molecular weight is 478 g/mol. The molecule has 2 aromatic rings. The van der Waals surface area contributed by atoms with Crippen molar-refractivity contribution in [2.75, 3.05) is 31.2 Å². The van der Waals surface area contributed by atoms with Gasteiger partial charge in [-0.2, -0.15) is 0 Å². The van der Waals surface area contributed by atoms with Crippen LogP contribution in [0.3, 0.4) is 0 Å². The minimum atomic E-state index is -0.571. The lowest BCUT2D eigenvalue weighted by molar-refractivity contribution is 0.0854. The van der Waals surface area contributed by atoms with Crippen molar-refractivity contribution in [1.82, 2.24) is 10.6 Å². The van der Waals surface area contributed by atoms with Crippen LogP contribution in [0.25, 0.3) is 0 Å². The van der Waals surface area contributed by atoms with Crippen LogP contribution in [-0.4, -0.2) is 62.1 Å². The summed E-state index contributed by atoms with van der Waals surface area (Å²) < 4.78 is 11.1. The summed E-state index contributed by atoms with van der Waals surface area (Å²) in [5, 5.41) is 5.67. The number of nitrogens with one attached hydrogen (secondary N) is 2. The van der Waals surface area contributed by atoms with Gasteiger partial charge >= 0.3 is 0 Å². The van der Waals surface area contributed by atoms with Crippen molar-refractivity contribution in [1.29, 1.82) is 0 Å². The van der Waals surface area contributed by atoms with Crippen molar-refractivity contribution in [3.8, 4) is 0 Å². The highest BCUT2D eigenvalue weighted by atomic mass is 16.5. The second kappa shape index (κ2) is 9.97. The van der Waals surface area contributed by atoms with Gasteiger partial charge in [0.25, 0.3) is 23.6 Å². The normalized spacial score (nSPS) is 21.3. The van der Waals surface area contributed by atoms with Crippen molar-refractivity contribution in [3.63, 3.8) is 0 Å². The molecule has 9 nitrogen and oxygen atoms in total. The van der Waals surface area contributed by atoms with Gasteiger partial charge in [-0.25, -0.2) is 4.90 Å². The molecule has 2 atom stereocenters. The van der Waals surface area contributed by atoms with Gasteiger partial charge in [0, 0.05) is 31.9 Å². The maximum absolute atomic E-state index is 13.3. The molecule has 2 fully saturated rings. The van der Waals surface area contributed by atoms with Crippen molar-refractivity contribution < 1.29 is 28.7 Å². The van der Waals surface area contributed by atoms with E-state index in [-0.39, 0.29) is 52.0 Å². The van der Waals surface area contributed by atoms with E-state index in [0.29, 0.717) is 26.3 Å². The molecule has 0 aromatic heterocycles. The van der Waals surface area contributed by atoms with E-state index in [9.17, 15) is 19.2 Å². The third kappa shape index (κ3) is 4.69. The zero-order valence-corrected chi connectivity index (χ0v) is 19.2. The molecule has 0 spiro atoms. The molecule has 5 rings (SSSR count). The highest BCUT2D eigenvalue weighted by Crippen LogP contribution is 2.31. The summed E-state index contributed by atoms with van der Waals surface area (Å²) in [6, 6.07) is 10.9. The van der Waals surface area contributed by atoms with Crippen LogP contribution in [0.2, 0.25) is 0 Å². The fourth-order valence-corrected chi connectivity index (χ4v) is 4.68. The summed E-state index contributed by atoms with van der Waals surface area (Å²) in [6.45, 7) is 2.13. The molecule has 2 aromatic carbocycles. The number of imide groups is 1. The van der Waals surface area contributed by atoms with Gasteiger partial charge in [-0.1, -0.05) is 12.1 Å². The third-order valence-corrected chi connectivity index (χ3v) is 6.57. The minimum absolute atomic E-state index is 0.00467. The van der Waals surface area contributed by atoms with Crippen molar-refractivity contribution in [2.45, 2.75) is 37.9 Å². The number of hydrogen-bond acceptors (Lipinski definition) is 6. The first-order valence-electron chi connectivity index (χ1n) is 11.9. The number of fused-ring (bicyclic) bond motifs is 1. The van der Waals surface area contributed by atoms with Crippen LogP contribution in [0.1, 0.15) is 67.1 Å². The molecule has 35 heavy (non-hydrogen) atoms. The summed E-state index contributed by atoms with van der Waals surface area (Å²) in [4.78, 5) is 53.0. The maximum atomic E-state index is 13.3. The summed E-state index contributed by atoms with van der Waals surface area (Å²) in [5.41, 5.74) is 1.03. The third-order valence-electron chi connectivity index (χ3n) is 6.57. The number of carbonyl (C=O) groups excluding carboxylic acids is 4. The van der Waals surface area contributed by atoms with Gasteiger partial charge in [0.15, 0.2) is 0 Å². The SMILES string of the molecule is O=C(NC[C@H]1CCCO1)c1ccc2c(c1)C(=O)N(c1ccccc1C(=O)NC[C@H]1CCCO1)C2=O. The van der Waals surface area contributed by atoms with Gasteiger partial charge in [-0.05, 0) is 56.0 Å². The summed E-state index contributed by atoms with van der Waals surface area (Å²) in [6.07, 6.45) is 3.67. The standard InChI is InChI=1S/C26H27N3O6/c30-23(27-14-17-5-3-11-34-17)16-9-10-19-21(13-16)26(33)29(25(19)32)22-8-2-1-7-20(22)24(31)28-15-18-6-4-12-35-18/h1-2,7-10,13,17-18H,3-6,11-12,14-15H2,(H,27,30)(H,28,31)/t17-,18-/m1/s1. The number of para-hydroxylation sites is 1. The van der Waals surface area contributed by atoms with Gasteiger partial charge in [-0.3, -0.25) is 19.2 Å². The summed E-state index contributed by atoms with van der Waals surface area (Å²) >= 11 is 0. The molecule has 182 valence electrons. The predicted octanol–water partition coefficient (Wildman–Crippen LogP) is 2.30. The Bertz CT molecular complexity index is 1170. The van der Waals surface area contributed by atoms with Crippen molar-refractivity contribution >= 4 is 29.3 Å². The molecule has 4 amide bonds. The summed E-state index contributed by atoms with van der Waals surface area (Å²) in [5.74, 6) is -1.83. The molecule has 9 heteroatoms. The van der Waals surface area contributed by atoms with Gasteiger partial charge in [0.2, 0.25) is 0 Å². The molecule has 3 heterocycles. The van der Waals surface area contributed by atoms with E-state index in [1.807, 2.05) is 0 Å². The van der Waals surface area contributed by atoms with E-state index in [0.717, 1.165) is 30.6 Å². The Kier molecular flexibility index (Phi) is 6.61. The zero-order chi connectivity index (χ0) is 24.4. The molecular weight excluding hydrogens is 450 g/mol. The number of amides is 4. The van der Waals surface area contributed by atoms with Crippen LogP contribution >= 0.6 is 0 Å². The molecule has 0 radical (unpaired) electrons. The van der Waals surface area contributed by atoms with Gasteiger partial charge in [0.05, 0.1) is 34.6 Å². The van der Waals surface area contributed by atoms with Gasteiger partial charge in [0.1, 0.15) is 0 Å². The lowest BCUT2D eigenvalue weighted by Gasteiger charge is -2.18. The average Bonchev–Trinajstić information content (AvgIpc) is 3.64. The first kappa shape index (κ1) is 23.2. The Hall–Kier alpha value is -3.56. The fraction of sp³-hybridized carbons (Fsp3) is 0.385. The molecular formula is C26H27N3O6. The van der Waals surface area contributed by atoms with E-state index in [4.69, 9.17) is 9.47 Å². The van der Waals surface area contributed by atoms with E-state index < -0.39 is 11.8 Å². The Labute approximate surface area is 202 Å². The van der Waals surface area contributed by atoms with E-state index in [1.54, 1.807) is 24.3 Å². The quantitative estimate of drug-likeness (QED) is 0.592. The number of hydrogen-bond donors (Lipinski definition) is 2. The van der Waals surface area contributed by atoms with Crippen LogP contribution in [0, 0.1) is 0 Å². The van der Waals surface area contributed by atoms with Gasteiger partial charge < -0.3 is 20.1 Å². The summed E-state index contributed by atoms with van der Waals surface area (Å²) in [7, 11) is 0. The first-order valence-corrected chi connectivity index (χ1v) is 11.9. The monoisotopic (exact) mass is 477 g/mol. The molecule has 3 aliphatic rings. The number of benzene rings is 2. The van der Waals surface area contributed by atoms with Crippen molar-refractivity contribution in [2.24, 2.45) is 0 Å². The molecule has 2 N–H and O–H groups in total. The molecule has 3 aliphatic heterocycles. The predicted molar refractivity (Wildman–Crippen MR) is 127 cm³/mol. The van der Waals surface area contributed by atoms with Crippen LogP contribution in [0.5, 0.6) is 0 Å². The largest absolute Gasteiger partial charge is 0.376 e. The smallest absolute Gasteiger partial charge is 0.266 e. The van der Waals surface area contributed by atoms with E-state index in [2.05, 4.69) is 10.6 Å². The van der Waals surface area contributed by atoms with Crippen LogP contribution in [-0.2, 0) is 9.47 Å². The maximum Gasteiger partial charge on any atom is 0.266 e. The van der Waals surface area contributed by atoms with Crippen LogP contribution < -0.4 is 15.5 Å². The molecule has 2 saturated heterocycles. The van der Waals surface area contributed by atoms with Crippen molar-refractivity contribution in [3.05, 3.63) is 64.7 Å². The Morgan fingerprint density at radius 1 is 0.829 bits per heavy atom. The molecule has 0 unspecified atom stereocenters. The number of anilines is 1. The first-order chi connectivity index (χ1) is 17.0. The zero-order valence-electron chi connectivity index (χ0n) is 19.2. The van der Waals surface area contributed by atoms with Crippen LogP contribution in [0.4, 0.5) is 5.69 Å². The number of carbonyl (C=O) groups is 4. The number of ether oxygens (including phenoxy) is 2. The Morgan fingerprint density at radius 3 is 2.11 bits per heavy atom. The van der Waals surface area contributed by atoms with E-state index in [1.165, 1.54) is 18.2 Å². The van der Waals surface area contributed by atoms with Crippen LogP contribution in [0.15, 0.2) is 42.5 Å². The molecule has 0 saturated carbocycles. The Morgan fingerprint density at radius 2 is 1.46 bits per heavy atom. The topological polar surface area (TPSA) is 114 Å². The highest BCUT2D eigenvalue weighted by Gasteiger charge is 2.39. The Balaban J connectivity index is 1.33.